The molecular weight excluding hydrogens is 520 g/mol. The fraction of sp³-hybridized carbons (Fsp3) is 0.500. The van der Waals surface area contributed by atoms with E-state index in [9.17, 15) is 9.59 Å². The Morgan fingerprint density at radius 3 is 2.53 bits per heavy atom. The molecule has 0 fully saturated rings. The molecule has 38 heavy (non-hydrogen) atoms. The minimum Gasteiger partial charge on any atom is -0.483 e. The smallest absolute Gasteiger partial charge is 0.341 e. The standard InChI is InChI=1S/C28H36N4O4S2/c1-6-32-25(18(4)36-20-14-12-19(13-15-20)17(2)3)30-31-28(32)37-16-23(33)29-26-24(27(34)35-5)21-10-8-7-9-11-22(21)38-26/h12-15,17-18H,6-11,16H2,1-5H3,(H,29,33). The van der Waals surface area contributed by atoms with Crippen LogP contribution in [-0.4, -0.2) is 39.5 Å². The van der Waals surface area contributed by atoms with Crippen molar-refractivity contribution in [1.82, 2.24) is 14.8 Å². The lowest BCUT2D eigenvalue weighted by molar-refractivity contribution is -0.113. The molecule has 1 N–H and O–H groups in total. The van der Waals surface area contributed by atoms with E-state index >= 15 is 0 Å². The van der Waals surface area contributed by atoms with Gasteiger partial charge in [-0.15, -0.1) is 21.5 Å². The molecule has 0 bridgehead atoms. The number of thioether (sulfide) groups is 1. The second kappa shape index (κ2) is 12.8. The number of fused-ring (bicyclic) bond motifs is 1. The highest BCUT2D eigenvalue weighted by Gasteiger charge is 2.26. The van der Waals surface area contributed by atoms with E-state index in [1.165, 1.54) is 40.6 Å². The monoisotopic (exact) mass is 556 g/mol. The lowest BCUT2D eigenvalue weighted by atomic mass is 10.0. The molecule has 10 heteroatoms. The second-order valence-corrected chi connectivity index (χ2v) is 11.7. The Labute approximate surface area is 232 Å². The van der Waals surface area contributed by atoms with Gasteiger partial charge < -0.3 is 19.4 Å². The summed E-state index contributed by atoms with van der Waals surface area (Å²) in [6, 6.07) is 8.11. The van der Waals surface area contributed by atoms with Gasteiger partial charge in [0.1, 0.15) is 10.8 Å². The van der Waals surface area contributed by atoms with Crippen LogP contribution in [-0.2, 0) is 28.9 Å². The number of esters is 1. The molecule has 8 nitrogen and oxygen atoms in total. The minimum absolute atomic E-state index is 0.146. The van der Waals surface area contributed by atoms with Crippen LogP contribution in [0.2, 0.25) is 0 Å². The van der Waals surface area contributed by atoms with Crippen molar-refractivity contribution in [2.45, 2.75) is 83.5 Å². The van der Waals surface area contributed by atoms with Gasteiger partial charge in [-0.05, 0) is 68.7 Å². The molecular formula is C28H36N4O4S2. The summed E-state index contributed by atoms with van der Waals surface area (Å²) in [6.07, 6.45) is 4.74. The molecule has 2 heterocycles. The predicted molar refractivity (Wildman–Crippen MR) is 152 cm³/mol. The number of hydrogen-bond donors (Lipinski definition) is 1. The lowest BCUT2D eigenvalue weighted by Gasteiger charge is -2.16. The zero-order chi connectivity index (χ0) is 27.2. The zero-order valence-electron chi connectivity index (χ0n) is 22.7. The summed E-state index contributed by atoms with van der Waals surface area (Å²) in [4.78, 5) is 26.7. The zero-order valence-corrected chi connectivity index (χ0v) is 24.3. The average molecular weight is 557 g/mol. The van der Waals surface area contributed by atoms with Gasteiger partial charge in [-0.3, -0.25) is 4.79 Å². The molecule has 0 radical (unpaired) electrons. The molecule has 0 spiro atoms. The molecule has 1 amide bonds. The van der Waals surface area contributed by atoms with E-state index in [4.69, 9.17) is 9.47 Å². The molecule has 1 atom stereocenters. The molecule has 1 aliphatic carbocycles. The number of anilines is 1. The van der Waals surface area contributed by atoms with Crippen molar-refractivity contribution in [1.29, 1.82) is 0 Å². The van der Waals surface area contributed by atoms with Crippen molar-refractivity contribution >= 4 is 40.0 Å². The fourth-order valence-electron chi connectivity index (χ4n) is 4.63. The largest absolute Gasteiger partial charge is 0.483 e. The van der Waals surface area contributed by atoms with Crippen LogP contribution in [0, 0.1) is 0 Å². The number of aryl methyl sites for hydroxylation is 1. The Morgan fingerprint density at radius 2 is 1.84 bits per heavy atom. The number of nitrogens with one attached hydrogen (secondary N) is 1. The van der Waals surface area contributed by atoms with Gasteiger partial charge in [0.2, 0.25) is 5.91 Å². The van der Waals surface area contributed by atoms with Gasteiger partial charge >= 0.3 is 5.97 Å². The first-order valence-electron chi connectivity index (χ1n) is 13.2. The van der Waals surface area contributed by atoms with Crippen LogP contribution in [0.1, 0.15) is 91.2 Å². The highest BCUT2D eigenvalue weighted by molar-refractivity contribution is 7.99. The summed E-state index contributed by atoms with van der Waals surface area (Å²) in [7, 11) is 1.38. The van der Waals surface area contributed by atoms with Crippen LogP contribution < -0.4 is 10.1 Å². The van der Waals surface area contributed by atoms with Crippen molar-refractivity contribution in [2.24, 2.45) is 0 Å². The maximum absolute atomic E-state index is 12.9. The van der Waals surface area contributed by atoms with E-state index in [1.807, 2.05) is 30.5 Å². The molecule has 3 aromatic rings. The molecule has 1 aliphatic rings. The van der Waals surface area contributed by atoms with E-state index < -0.39 is 5.97 Å². The van der Waals surface area contributed by atoms with Crippen molar-refractivity contribution in [3.63, 3.8) is 0 Å². The van der Waals surface area contributed by atoms with Crippen LogP contribution in [0.15, 0.2) is 29.4 Å². The van der Waals surface area contributed by atoms with Gasteiger partial charge in [-0.25, -0.2) is 4.79 Å². The molecule has 0 saturated heterocycles. The topological polar surface area (TPSA) is 95.3 Å². The summed E-state index contributed by atoms with van der Waals surface area (Å²) in [6.45, 7) is 8.94. The molecule has 0 aliphatic heterocycles. The number of carbonyl (C=O) groups excluding carboxylic acids is 2. The quantitative estimate of drug-likeness (QED) is 0.175. The normalized spacial score (nSPS) is 14.1. The molecule has 204 valence electrons. The first-order valence-corrected chi connectivity index (χ1v) is 15.0. The van der Waals surface area contributed by atoms with Gasteiger partial charge in [0, 0.05) is 11.4 Å². The Hall–Kier alpha value is -2.85. The number of benzene rings is 1. The Kier molecular flexibility index (Phi) is 9.49. The second-order valence-electron chi connectivity index (χ2n) is 9.67. The number of nitrogens with zero attached hydrogens (tertiary/aromatic N) is 3. The fourth-order valence-corrected chi connectivity index (χ4v) is 6.74. The average Bonchev–Trinajstić information content (AvgIpc) is 3.39. The molecule has 2 aromatic heterocycles. The minimum atomic E-state index is -0.393. The van der Waals surface area contributed by atoms with Gasteiger partial charge in [0.05, 0.1) is 18.4 Å². The van der Waals surface area contributed by atoms with E-state index in [-0.39, 0.29) is 17.8 Å². The maximum Gasteiger partial charge on any atom is 0.341 e. The third-order valence-corrected chi connectivity index (χ3v) is 8.86. The van der Waals surface area contributed by atoms with E-state index in [2.05, 4.69) is 41.5 Å². The van der Waals surface area contributed by atoms with Crippen molar-refractivity contribution in [3.8, 4) is 5.75 Å². The van der Waals surface area contributed by atoms with E-state index in [0.717, 1.165) is 43.4 Å². The summed E-state index contributed by atoms with van der Waals surface area (Å²) in [5.74, 6) is 1.50. The number of methoxy groups -OCH3 is 1. The number of hydrogen-bond acceptors (Lipinski definition) is 8. The van der Waals surface area contributed by atoms with E-state index in [1.54, 1.807) is 0 Å². The number of aromatic nitrogens is 3. The SMILES string of the molecule is CCn1c(SCC(=O)Nc2sc3c(c2C(=O)OC)CCCCC3)nnc1C(C)Oc1ccc(C(C)C)cc1. The first-order chi connectivity index (χ1) is 18.3. The Morgan fingerprint density at radius 1 is 1.11 bits per heavy atom. The Balaban J connectivity index is 1.42. The van der Waals surface area contributed by atoms with Crippen LogP contribution >= 0.6 is 23.1 Å². The van der Waals surface area contributed by atoms with Crippen molar-refractivity contribution in [3.05, 3.63) is 51.7 Å². The van der Waals surface area contributed by atoms with Gasteiger partial charge in [-0.1, -0.05) is 44.2 Å². The lowest BCUT2D eigenvalue weighted by Crippen LogP contribution is -2.17. The third kappa shape index (κ3) is 6.40. The number of rotatable bonds is 10. The van der Waals surface area contributed by atoms with Crippen molar-refractivity contribution < 1.29 is 19.1 Å². The third-order valence-electron chi connectivity index (χ3n) is 6.68. The molecule has 4 rings (SSSR count). The highest BCUT2D eigenvalue weighted by Crippen LogP contribution is 2.38. The van der Waals surface area contributed by atoms with Crippen LogP contribution in [0.5, 0.6) is 5.75 Å². The molecule has 1 unspecified atom stereocenters. The van der Waals surface area contributed by atoms with Crippen LogP contribution in [0.25, 0.3) is 0 Å². The predicted octanol–water partition coefficient (Wildman–Crippen LogP) is 6.41. The first kappa shape index (κ1) is 28.2. The van der Waals surface area contributed by atoms with Gasteiger partial charge in [0.15, 0.2) is 17.1 Å². The summed E-state index contributed by atoms with van der Waals surface area (Å²) >= 11 is 2.81. The van der Waals surface area contributed by atoms with Gasteiger partial charge in [0.25, 0.3) is 0 Å². The van der Waals surface area contributed by atoms with Crippen LogP contribution in [0.4, 0.5) is 5.00 Å². The summed E-state index contributed by atoms with van der Waals surface area (Å²) in [5, 5.41) is 12.9. The number of ether oxygens (including phenoxy) is 2. The van der Waals surface area contributed by atoms with E-state index in [0.29, 0.717) is 34.0 Å². The Bertz CT molecular complexity index is 1270. The van der Waals surface area contributed by atoms with Crippen molar-refractivity contribution in [2.75, 3.05) is 18.2 Å². The van der Waals surface area contributed by atoms with Crippen LogP contribution in [0.3, 0.4) is 0 Å². The summed E-state index contributed by atoms with van der Waals surface area (Å²) < 4.78 is 13.2. The maximum atomic E-state index is 12.9. The number of thiophene rings is 1. The number of carbonyl (C=O) groups is 2. The highest BCUT2D eigenvalue weighted by atomic mass is 32.2. The number of amides is 1. The molecule has 0 saturated carbocycles. The van der Waals surface area contributed by atoms with Gasteiger partial charge in [-0.2, -0.15) is 0 Å². The molecule has 1 aromatic carbocycles. The summed E-state index contributed by atoms with van der Waals surface area (Å²) in [5.41, 5.74) is 2.81.